The molecule has 0 aliphatic heterocycles. The molecule has 4 aromatic rings. The molecule has 0 radical (unpaired) electrons. The number of benzene rings is 1. The smallest absolute Gasteiger partial charge is 0.406 e. The van der Waals surface area contributed by atoms with E-state index in [1.807, 2.05) is 24.4 Å². The number of aromatic nitrogens is 3. The molecule has 166 valence electrons. The van der Waals surface area contributed by atoms with Crippen LogP contribution in [0.4, 0.5) is 13.2 Å². The van der Waals surface area contributed by atoms with Gasteiger partial charge in [-0.2, -0.15) is 5.10 Å². The van der Waals surface area contributed by atoms with E-state index < -0.39 is 6.36 Å². The minimum Gasteiger partial charge on any atom is -0.406 e. The molecule has 1 amide bonds. The SMILES string of the molecule is Cc1cc(C(=O)N(C)Cc2ccc(OC(F)(F)F)cc2)c2cnn(Cc3cccs3)c2n1. The number of fused-ring (bicyclic) bond motifs is 1. The monoisotopic (exact) mass is 460 g/mol. The summed E-state index contributed by atoms with van der Waals surface area (Å²) in [5, 5.41) is 7.06. The summed E-state index contributed by atoms with van der Waals surface area (Å²) in [5.74, 6) is -0.536. The zero-order valence-corrected chi connectivity index (χ0v) is 18.1. The maximum Gasteiger partial charge on any atom is 0.573 e. The van der Waals surface area contributed by atoms with Gasteiger partial charge in [0.15, 0.2) is 5.65 Å². The van der Waals surface area contributed by atoms with E-state index in [1.165, 1.54) is 29.2 Å². The third kappa shape index (κ3) is 4.91. The molecule has 0 aliphatic rings. The lowest BCUT2D eigenvalue weighted by molar-refractivity contribution is -0.274. The fourth-order valence-corrected chi connectivity index (χ4v) is 4.05. The molecule has 3 heterocycles. The molecule has 4 rings (SSSR count). The molecule has 0 unspecified atom stereocenters. The van der Waals surface area contributed by atoms with Crippen LogP contribution in [0.3, 0.4) is 0 Å². The number of alkyl halides is 3. The second-order valence-corrected chi connectivity index (χ2v) is 8.32. The van der Waals surface area contributed by atoms with Crippen LogP contribution in [0, 0.1) is 6.92 Å². The molecular weight excluding hydrogens is 441 g/mol. The van der Waals surface area contributed by atoms with Crippen LogP contribution in [-0.2, 0) is 13.1 Å². The molecule has 0 atom stereocenters. The fourth-order valence-electron chi connectivity index (χ4n) is 3.36. The number of pyridine rings is 1. The summed E-state index contributed by atoms with van der Waals surface area (Å²) in [4.78, 5) is 20.4. The molecular formula is C22H19F3N4O2S. The van der Waals surface area contributed by atoms with Gasteiger partial charge in [-0.1, -0.05) is 18.2 Å². The van der Waals surface area contributed by atoms with Gasteiger partial charge in [0, 0.05) is 24.2 Å². The van der Waals surface area contributed by atoms with Gasteiger partial charge in [0.05, 0.1) is 23.7 Å². The van der Waals surface area contributed by atoms with Crippen molar-refractivity contribution >= 4 is 28.3 Å². The summed E-state index contributed by atoms with van der Waals surface area (Å²) in [7, 11) is 1.64. The van der Waals surface area contributed by atoms with E-state index in [0.29, 0.717) is 34.4 Å². The normalized spacial score (nSPS) is 11.7. The fraction of sp³-hybridized carbons (Fsp3) is 0.227. The summed E-state index contributed by atoms with van der Waals surface area (Å²) < 4.78 is 42.6. The number of halogens is 3. The Balaban J connectivity index is 1.54. The third-order valence-electron chi connectivity index (χ3n) is 4.78. The number of carbonyl (C=O) groups is 1. The molecule has 0 spiro atoms. The largest absolute Gasteiger partial charge is 0.573 e. The van der Waals surface area contributed by atoms with E-state index >= 15 is 0 Å². The van der Waals surface area contributed by atoms with Crippen LogP contribution in [0.5, 0.6) is 5.75 Å². The second kappa shape index (κ2) is 8.62. The van der Waals surface area contributed by atoms with Gasteiger partial charge in [-0.3, -0.25) is 4.79 Å². The maximum atomic E-state index is 13.2. The third-order valence-corrected chi connectivity index (χ3v) is 5.64. The van der Waals surface area contributed by atoms with Crippen LogP contribution in [-0.4, -0.2) is 39.0 Å². The number of thiophene rings is 1. The highest BCUT2D eigenvalue weighted by atomic mass is 32.1. The maximum absolute atomic E-state index is 13.2. The first-order valence-corrected chi connectivity index (χ1v) is 10.5. The highest BCUT2D eigenvalue weighted by molar-refractivity contribution is 7.09. The first-order valence-electron chi connectivity index (χ1n) is 9.65. The van der Waals surface area contributed by atoms with Crippen LogP contribution in [0.15, 0.2) is 54.0 Å². The summed E-state index contributed by atoms with van der Waals surface area (Å²) in [6, 6.07) is 11.1. The van der Waals surface area contributed by atoms with Gasteiger partial charge in [-0.05, 0) is 42.1 Å². The van der Waals surface area contributed by atoms with Crippen molar-refractivity contribution in [2.75, 3.05) is 7.05 Å². The van der Waals surface area contributed by atoms with Gasteiger partial charge < -0.3 is 9.64 Å². The Morgan fingerprint density at radius 2 is 1.97 bits per heavy atom. The van der Waals surface area contributed by atoms with Crippen LogP contribution in [0.2, 0.25) is 0 Å². The van der Waals surface area contributed by atoms with Crippen molar-refractivity contribution in [3.05, 3.63) is 75.7 Å². The Morgan fingerprint density at radius 1 is 1.22 bits per heavy atom. The molecule has 6 nitrogen and oxygen atoms in total. The molecule has 0 saturated heterocycles. The number of carbonyl (C=O) groups excluding carboxylic acids is 1. The molecule has 0 saturated carbocycles. The average molecular weight is 460 g/mol. The number of amides is 1. The van der Waals surface area contributed by atoms with Crippen LogP contribution < -0.4 is 4.74 Å². The summed E-state index contributed by atoms with van der Waals surface area (Å²) in [6.07, 6.45) is -3.10. The number of hydrogen-bond donors (Lipinski definition) is 0. The van der Waals surface area contributed by atoms with Crippen molar-refractivity contribution < 1.29 is 22.7 Å². The van der Waals surface area contributed by atoms with Gasteiger partial charge in [-0.25, -0.2) is 9.67 Å². The van der Waals surface area contributed by atoms with E-state index in [9.17, 15) is 18.0 Å². The first kappa shape index (κ1) is 21.8. The van der Waals surface area contributed by atoms with Crippen molar-refractivity contribution in [3.63, 3.8) is 0 Å². The zero-order chi connectivity index (χ0) is 22.9. The van der Waals surface area contributed by atoms with Crippen LogP contribution in [0.25, 0.3) is 11.0 Å². The van der Waals surface area contributed by atoms with Crippen molar-refractivity contribution in [3.8, 4) is 5.75 Å². The number of aryl methyl sites for hydroxylation is 1. The molecule has 1 aromatic carbocycles. The number of rotatable bonds is 6. The number of nitrogens with zero attached hydrogens (tertiary/aromatic N) is 4. The van der Waals surface area contributed by atoms with E-state index in [4.69, 9.17) is 0 Å². The van der Waals surface area contributed by atoms with Crippen LogP contribution >= 0.6 is 11.3 Å². The quantitative estimate of drug-likeness (QED) is 0.405. The van der Waals surface area contributed by atoms with Crippen molar-refractivity contribution in [1.82, 2.24) is 19.7 Å². The number of hydrogen-bond acceptors (Lipinski definition) is 5. The lowest BCUT2D eigenvalue weighted by Crippen LogP contribution is -2.26. The average Bonchev–Trinajstić information content (AvgIpc) is 3.38. The van der Waals surface area contributed by atoms with Crippen molar-refractivity contribution in [2.45, 2.75) is 26.4 Å². The van der Waals surface area contributed by atoms with Gasteiger partial charge in [-0.15, -0.1) is 24.5 Å². The van der Waals surface area contributed by atoms with Gasteiger partial charge in [0.1, 0.15) is 5.75 Å². The predicted octanol–water partition coefficient (Wildman–Crippen LogP) is 5.02. The molecule has 3 aromatic heterocycles. The lowest BCUT2D eigenvalue weighted by atomic mass is 10.1. The van der Waals surface area contributed by atoms with Crippen molar-refractivity contribution in [1.29, 1.82) is 0 Å². The Bertz CT molecular complexity index is 1230. The minimum absolute atomic E-state index is 0.220. The summed E-state index contributed by atoms with van der Waals surface area (Å²) in [6.45, 7) is 2.60. The van der Waals surface area contributed by atoms with E-state index in [2.05, 4.69) is 14.8 Å². The summed E-state index contributed by atoms with van der Waals surface area (Å²) >= 11 is 1.62. The predicted molar refractivity (Wildman–Crippen MR) is 115 cm³/mol. The Labute approximate surface area is 185 Å². The van der Waals surface area contributed by atoms with E-state index in [-0.39, 0.29) is 18.2 Å². The van der Waals surface area contributed by atoms with Gasteiger partial charge in [0.2, 0.25) is 0 Å². The minimum atomic E-state index is -4.74. The van der Waals surface area contributed by atoms with E-state index in [0.717, 1.165) is 4.88 Å². The molecule has 0 aliphatic carbocycles. The van der Waals surface area contributed by atoms with E-state index in [1.54, 1.807) is 35.3 Å². The zero-order valence-electron chi connectivity index (χ0n) is 17.3. The Hall–Kier alpha value is -3.40. The Kier molecular flexibility index (Phi) is 5.88. The topological polar surface area (TPSA) is 60.3 Å². The molecule has 0 bridgehead atoms. The van der Waals surface area contributed by atoms with Crippen molar-refractivity contribution in [2.24, 2.45) is 0 Å². The molecule has 0 fully saturated rings. The highest BCUT2D eigenvalue weighted by Crippen LogP contribution is 2.24. The van der Waals surface area contributed by atoms with Crippen LogP contribution in [0.1, 0.15) is 26.5 Å². The Morgan fingerprint density at radius 3 is 2.62 bits per heavy atom. The second-order valence-electron chi connectivity index (χ2n) is 7.28. The molecule has 32 heavy (non-hydrogen) atoms. The van der Waals surface area contributed by atoms with Gasteiger partial charge >= 0.3 is 6.36 Å². The summed E-state index contributed by atoms with van der Waals surface area (Å²) in [5.41, 5.74) is 2.47. The standard InChI is InChI=1S/C22H19F3N4O2S/c1-14-10-18(19-11-26-29(20(19)27-14)13-17-4-3-9-32-17)21(30)28(2)12-15-5-7-16(8-6-15)31-22(23,24)25/h3-11H,12-13H2,1-2H3. The molecule has 0 N–H and O–H groups in total. The highest BCUT2D eigenvalue weighted by Gasteiger charge is 2.31. The molecule has 10 heteroatoms. The van der Waals surface area contributed by atoms with Gasteiger partial charge in [0.25, 0.3) is 5.91 Å². The first-order chi connectivity index (χ1) is 15.2. The lowest BCUT2D eigenvalue weighted by Gasteiger charge is -2.18. The number of ether oxygens (including phenoxy) is 1.